The average molecular weight is 324 g/mol. The lowest BCUT2D eigenvalue weighted by Gasteiger charge is -2.18. The minimum absolute atomic E-state index is 0.151. The van der Waals surface area contributed by atoms with Crippen molar-refractivity contribution in [2.24, 2.45) is 5.10 Å². The Balaban J connectivity index is 2.26. The summed E-state index contributed by atoms with van der Waals surface area (Å²) < 4.78 is 10.7. The van der Waals surface area contributed by atoms with Crippen molar-refractivity contribution in [2.75, 3.05) is 6.61 Å². The molecule has 0 radical (unpaired) electrons. The predicted molar refractivity (Wildman–Crippen MR) is 95.2 cm³/mol. The highest BCUT2D eigenvalue weighted by atomic mass is 16.6. The van der Waals surface area contributed by atoms with E-state index < -0.39 is 11.7 Å². The van der Waals surface area contributed by atoms with Crippen LogP contribution in [0, 0.1) is 12.3 Å². The molecule has 0 atom stereocenters. The van der Waals surface area contributed by atoms with E-state index in [-0.39, 0.29) is 6.61 Å². The number of benzene rings is 2. The number of ether oxygens (including phenoxy) is 2. The van der Waals surface area contributed by atoms with Crippen LogP contribution in [0.1, 0.15) is 26.3 Å². The summed E-state index contributed by atoms with van der Waals surface area (Å²) in [5.41, 5.74) is 2.50. The lowest BCUT2D eigenvalue weighted by molar-refractivity contribution is 0.0529. The van der Waals surface area contributed by atoms with E-state index in [1.54, 1.807) is 20.8 Å². The number of amides is 1. The molecule has 2 aromatic rings. The number of hydrazone groups is 1. The number of fused-ring (bicyclic) bond motifs is 1. The largest absolute Gasteiger partial charge is 0.480 e. The topological polar surface area (TPSA) is 59.9 Å². The summed E-state index contributed by atoms with van der Waals surface area (Å²) in [5.74, 6) is 3.03. The van der Waals surface area contributed by atoms with Gasteiger partial charge < -0.3 is 9.47 Å². The third-order valence-electron chi connectivity index (χ3n) is 2.99. The average Bonchev–Trinajstić information content (AvgIpc) is 2.52. The molecule has 0 saturated carbocycles. The van der Waals surface area contributed by atoms with E-state index in [0.29, 0.717) is 5.75 Å². The van der Waals surface area contributed by atoms with Gasteiger partial charge in [-0.15, -0.1) is 6.42 Å². The summed E-state index contributed by atoms with van der Waals surface area (Å²) in [6, 6.07) is 11.6. The SMILES string of the molecule is C#CCOc1ccc2ccccc2c1/C=N\NC(=O)OC(C)(C)C. The highest BCUT2D eigenvalue weighted by molar-refractivity contribution is 6.02. The molecule has 5 nitrogen and oxygen atoms in total. The first kappa shape index (κ1) is 17.4. The quantitative estimate of drug-likeness (QED) is 0.530. The molecule has 0 saturated heterocycles. The standard InChI is InChI=1S/C19H20N2O3/c1-5-12-23-17-11-10-14-8-6-7-9-15(14)16(17)13-20-21-18(22)24-19(2,3)4/h1,6-11,13H,12H2,2-4H3,(H,21,22)/b20-13-. The highest BCUT2D eigenvalue weighted by Crippen LogP contribution is 2.26. The zero-order valence-corrected chi connectivity index (χ0v) is 14.0. The summed E-state index contributed by atoms with van der Waals surface area (Å²) in [5, 5.41) is 5.94. The number of hydrogen-bond donors (Lipinski definition) is 1. The van der Waals surface area contributed by atoms with E-state index in [0.717, 1.165) is 16.3 Å². The van der Waals surface area contributed by atoms with Crippen LogP contribution in [0.2, 0.25) is 0 Å². The van der Waals surface area contributed by atoms with Crippen molar-refractivity contribution in [2.45, 2.75) is 26.4 Å². The van der Waals surface area contributed by atoms with Crippen molar-refractivity contribution in [3.8, 4) is 18.1 Å². The van der Waals surface area contributed by atoms with Gasteiger partial charge in [-0.1, -0.05) is 36.3 Å². The van der Waals surface area contributed by atoms with Crippen molar-refractivity contribution < 1.29 is 14.3 Å². The highest BCUT2D eigenvalue weighted by Gasteiger charge is 2.15. The molecule has 0 aliphatic heterocycles. The summed E-state index contributed by atoms with van der Waals surface area (Å²) in [6.07, 6.45) is 6.16. The molecule has 124 valence electrons. The first-order valence-corrected chi connectivity index (χ1v) is 7.51. The van der Waals surface area contributed by atoms with Crippen LogP contribution in [0.4, 0.5) is 4.79 Å². The van der Waals surface area contributed by atoms with Crippen LogP contribution >= 0.6 is 0 Å². The first-order valence-electron chi connectivity index (χ1n) is 7.51. The molecule has 0 aliphatic carbocycles. The van der Waals surface area contributed by atoms with Gasteiger partial charge in [0.25, 0.3) is 0 Å². The lowest BCUT2D eigenvalue weighted by Crippen LogP contribution is -2.29. The number of hydrogen-bond acceptors (Lipinski definition) is 4. The van der Waals surface area contributed by atoms with Crippen molar-refractivity contribution in [1.29, 1.82) is 0 Å². The van der Waals surface area contributed by atoms with Crippen LogP contribution in [-0.2, 0) is 4.74 Å². The Labute approximate surface area is 141 Å². The maximum Gasteiger partial charge on any atom is 0.428 e. The smallest absolute Gasteiger partial charge is 0.428 e. The molecule has 0 aromatic heterocycles. The van der Waals surface area contributed by atoms with Gasteiger partial charge in [0.05, 0.1) is 6.21 Å². The molecule has 24 heavy (non-hydrogen) atoms. The third-order valence-corrected chi connectivity index (χ3v) is 2.99. The van der Waals surface area contributed by atoms with E-state index in [1.807, 2.05) is 36.4 Å². The minimum atomic E-state index is -0.620. The summed E-state index contributed by atoms with van der Waals surface area (Å²) in [4.78, 5) is 11.7. The van der Waals surface area contributed by atoms with Crippen molar-refractivity contribution in [1.82, 2.24) is 5.43 Å². The Kier molecular flexibility index (Phi) is 5.43. The fraction of sp³-hybridized carbons (Fsp3) is 0.263. The molecule has 0 unspecified atom stereocenters. The van der Waals surface area contributed by atoms with Crippen LogP contribution in [0.3, 0.4) is 0 Å². The molecule has 1 N–H and O–H groups in total. The molecule has 0 spiro atoms. The third kappa shape index (κ3) is 4.75. The zero-order chi connectivity index (χ0) is 17.6. The summed E-state index contributed by atoms with van der Waals surface area (Å²) in [6.45, 7) is 5.50. The van der Waals surface area contributed by atoms with Crippen molar-refractivity contribution in [3.63, 3.8) is 0 Å². The number of terminal acetylenes is 1. The second-order valence-electron chi connectivity index (χ2n) is 6.06. The first-order chi connectivity index (χ1) is 11.4. The monoisotopic (exact) mass is 324 g/mol. The molecule has 5 heteroatoms. The molecule has 0 aliphatic rings. The maximum atomic E-state index is 11.7. The van der Waals surface area contributed by atoms with Gasteiger partial charge in [-0.05, 0) is 37.6 Å². The molecule has 0 heterocycles. The Bertz CT molecular complexity index is 798. The lowest BCUT2D eigenvalue weighted by atomic mass is 10.0. The van der Waals surface area contributed by atoms with E-state index in [1.165, 1.54) is 6.21 Å². The van der Waals surface area contributed by atoms with Crippen LogP contribution in [0.5, 0.6) is 5.75 Å². The van der Waals surface area contributed by atoms with Gasteiger partial charge in [0.2, 0.25) is 0 Å². The molecular weight excluding hydrogens is 304 g/mol. The number of carbonyl (C=O) groups is 1. The van der Waals surface area contributed by atoms with Gasteiger partial charge >= 0.3 is 6.09 Å². The molecule has 2 aromatic carbocycles. The predicted octanol–water partition coefficient (Wildman–Crippen LogP) is 3.71. The van der Waals surface area contributed by atoms with Gasteiger partial charge in [-0.2, -0.15) is 5.10 Å². The maximum absolute atomic E-state index is 11.7. The van der Waals surface area contributed by atoms with Crippen LogP contribution in [0.25, 0.3) is 10.8 Å². The summed E-state index contributed by atoms with van der Waals surface area (Å²) >= 11 is 0. The van der Waals surface area contributed by atoms with E-state index in [4.69, 9.17) is 15.9 Å². The molecule has 2 rings (SSSR count). The van der Waals surface area contributed by atoms with E-state index in [2.05, 4.69) is 16.4 Å². The molecular formula is C19H20N2O3. The fourth-order valence-corrected chi connectivity index (χ4v) is 2.10. The summed E-state index contributed by atoms with van der Waals surface area (Å²) in [7, 11) is 0. The number of rotatable bonds is 4. The Morgan fingerprint density at radius 2 is 2.04 bits per heavy atom. The Morgan fingerprint density at radius 3 is 2.75 bits per heavy atom. The number of nitrogens with one attached hydrogen (secondary N) is 1. The second kappa shape index (κ2) is 7.51. The van der Waals surface area contributed by atoms with Gasteiger partial charge in [0, 0.05) is 5.56 Å². The van der Waals surface area contributed by atoms with Gasteiger partial charge in [-0.25, -0.2) is 10.2 Å². The van der Waals surface area contributed by atoms with E-state index >= 15 is 0 Å². The van der Waals surface area contributed by atoms with Crippen LogP contribution in [0.15, 0.2) is 41.5 Å². The van der Waals surface area contributed by atoms with Crippen LogP contribution < -0.4 is 10.2 Å². The normalized spacial score (nSPS) is 11.2. The zero-order valence-electron chi connectivity index (χ0n) is 14.0. The molecule has 0 bridgehead atoms. The van der Waals surface area contributed by atoms with Crippen molar-refractivity contribution in [3.05, 3.63) is 42.0 Å². The van der Waals surface area contributed by atoms with Gasteiger partial charge in [0.1, 0.15) is 18.0 Å². The van der Waals surface area contributed by atoms with Crippen LogP contribution in [-0.4, -0.2) is 24.5 Å². The van der Waals surface area contributed by atoms with Gasteiger partial charge in [0.15, 0.2) is 0 Å². The second-order valence-corrected chi connectivity index (χ2v) is 6.06. The van der Waals surface area contributed by atoms with Crippen molar-refractivity contribution >= 4 is 23.1 Å². The Morgan fingerprint density at radius 1 is 1.29 bits per heavy atom. The minimum Gasteiger partial charge on any atom is -0.480 e. The molecule has 0 fully saturated rings. The number of nitrogens with zero attached hydrogens (tertiary/aromatic N) is 1. The Hall–Kier alpha value is -3.00. The fourth-order valence-electron chi connectivity index (χ4n) is 2.10. The molecule has 1 amide bonds. The van der Waals surface area contributed by atoms with E-state index in [9.17, 15) is 4.79 Å². The van der Waals surface area contributed by atoms with Gasteiger partial charge in [-0.3, -0.25) is 0 Å². The number of carbonyl (C=O) groups excluding carboxylic acids is 1.